The molecule has 1 fully saturated rings. The molecule has 1 aromatic carbocycles. The molecule has 1 atom stereocenters. The van der Waals surface area contributed by atoms with Gasteiger partial charge in [0.05, 0.1) is 13.1 Å². The molecule has 9 nitrogen and oxygen atoms in total. The molecule has 2 aliphatic heterocycles. The van der Waals surface area contributed by atoms with Crippen molar-refractivity contribution < 1.29 is 4.79 Å². The number of piperidine rings is 1. The summed E-state index contributed by atoms with van der Waals surface area (Å²) in [4.78, 5) is 39.6. The second-order valence-electron chi connectivity index (χ2n) is 8.88. The molecule has 0 unspecified atom stereocenters. The third-order valence-corrected chi connectivity index (χ3v) is 6.51. The maximum atomic E-state index is 13.3. The first kappa shape index (κ1) is 22.2. The van der Waals surface area contributed by atoms with Crippen LogP contribution in [-0.4, -0.2) is 57.1 Å². The second-order valence-corrected chi connectivity index (χ2v) is 8.88. The molecule has 0 amide bonds. The number of imidazole rings is 1. The first-order valence-electron chi connectivity index (χ1n) is 11.8. The average Bonchev–Trinajstić information content (AvgIpc) is 3.24. The van der Waals surface area contributed by atoms with Crippen molar-refractivity contribution in [2.24, 2.45) is 5.73 Å². The Morgan fingerprint density at radius 3 is 2.71 bits per heavy atom. The molecule has 5 rings (SSSR count). The number of hydrogen-bond donors (Lipinski definition) is 1. The monoisotopic (exact) mass is 459 g/mol. The van der Waals surface area contributed by atoms with Gasteiger partial charge < -0.3 is 15.5 Å². The number of fused-ring (bicyclic) bond motifs is 3. The van der Waals surface area contributed by atoms with Gasteiger partial charge in [-0.25, -0.2) is 0 Å². The van der Waals surface area contributed by atoms with E-state index in [9.17, 15) is 9.59 Å². The predicted molar refractivity (Wildman–Crippen MR) is 132 cm³/mol. The lowest BCUT2D eigenvalue weighted by molar-refractivity contribution is 0.0997. The molecule has 176 valence electrons. The van der Waals surface area contributed by atoms with E-state index in [1.54, 1.807) is 6.92 Å². The zero-order chi connectivity index (χ0) is 23.7. The molecule has 2 aliphatic rings. The van der Waals surface area contributed by atoms with Crippen LogP contribution in [0, 0.1) is 11.8 Å². The maximum absolute atomic E-state index is 13.3. The van der Waals surface area contributed by atoms with Gasteiger partial charge in [-0.2, -0.15) is 9.97 Å². The Morgan fingerprint density at radius 1 is 1.12 bits per heavy atom. The summed E-state index contributed by atoms with van der Waals surface area (Å²) >= 11 is 0. The fourth-order valence-corrected chi connectivity index (χ4v) is 4.87. The highest BCUT2D eigenvalue weighted by atomic mass is 16.1. The van der Waals surface area contributed by atoms with E-state index in [0.717, 1.165) is 25.8 Å². The smallest absolute Gasteiger partial charge is 0.300 e. The number of carbonyl (C=O) groups excluding carboxylic acids is 1. The van der Waals surface area contributed by atoms with E-state index >= 15 is 0 Å². The third-order valence-electron chi connectivity index (χ3n) is 6.51. The van der Waals surface area contributed by atoms with Gasteiger partial charge in [0.15, 0.2) is 16.9 Å². The molecule has 1 saturated heterocycles. The lowest BCUT2D eigenvalue weighted by Crippen LogP contribution is -2.44. The molecule has 2 N–H and O–H groups in total. The minimum absolute atomic E-state index is 0.00450. The Hall–Kier alpha value is -3.64. The summed E-state index contributed by atoms with van der Waals surface area (Å²) in [7, 11) is 0. The molecule has 2 aromatic heterocycles. The molecular formula is C25H29N7O2. The molecular weight excluding hydrogens is 430 g/mol. The number of rotatable bonds is 5. The Morgan fingerprint density at radius 2 is 1.94 bits per heavy atom. The second kappa shape index (κ2) is 9.31. The number of anilines is 2. The molecule has 9 heteroatoms. The summed E-state index contributed by atoms with van der Waals surface area (Å²) in [6.07, 6.45) is 2.79. The summed E-state index contributed by atoms with van der Waals surface area (Å²) in [5, 5.41) is 0. The van der Waals surface area contributed by atoms with Gasteiger partial charge in [0.2, 0.25) is 11.9 Å². The summed E-state index contributed by atoms with van der Waals surface area (Å²) < 4.78 is 3.85. The summed E-state index contributed by atoms with van der Waals surface area (Å²) in [5.74, 6) is 7.21. The van der Waals surface area contributed by atoms with Crippen molar-refractivity contribution in [3.8, 4) is 11.8 Å². The molecule has 0 spiro atoms. The summed E-state index contributed by atoms with van der Waals surface area (Å²) in [5.41, 5.74) is 7.59. The van der Waals surface area contributed by atoms with Crippen LogP contribution in [0.1, 0.15) is 36.5 Å². The first-order chi connectivity index (χ1) is 16.6. The Bertz CT molecular complexity index is 1330. The van der Waals surface area contributed by atoms with Gasteiger partial charge in [-0.05, 0) is 26.2 Å². The van der Waals surface area contributed by atoms with Gasteiger partial charge in [0.1, 0.15) is 0 Å². The number of benzene rings is 1. The van der Waals surface area contributed by atoms with Crippen LogP contribution in [0.5, 0.6) is 0 Å². The van der Waals surface area contributed by atoms with Gasteiger partial charge in [0.25, 0.3) is 0 Å². The lowest BCUT2D eigenvalue weighted by atomic mass is 10.1. The van der Waals surface area contributed by atoms with E-state index in [4.69, 9.17) is 10.7 Å². The quantitative estimate of drug-likeness (QED) is 0.457. The van der Waals surface area contributed by atoms with E-state index in [1.165, 1.54) is 0 Å². The van der Waals surface area contributed by atoms with Crippen molar-refractivity contribution in [3.05, 3.63) is 46.2 Å². The van der Waals surface area contributed by atoms with Crippen LogP contribution in [0.4, 0.5) is 11.9 Å². The Kier molecular flexibility index (Phi) is 6.07. The van der Waals surface area contributed by atoms with Gasteiger partial charge >= 0.3 is 5.56 Å². The molecule has 0 radical (unpaired) electrons. The number of ketones is 1. The number of aromatic nitrogens is 4. The molecule has 0 aliphatic carbocycles. The van der Waals surface area contributed by atoms with Crippen LogP contribution in [0.2, 0.25) is 0 Å². The average molecular weight is 460 g/mol. The van der Waals surface area contributed by atoms with Crippen molar-refractivity contribution in [3.63, 3.8) is 0 Å². The molecule has 4 heterocycles. The van der Waals surface area contributed by atoms with Crippen LogP contribution in [0.3, 0.4) is 0 Å². The van der Waals surface area contributed by atoms with Crippen molar-refractivity contribution in [1.82, 2.24) is 19.1 Å². The molecule has 0 saturated carbocycles. The van der Waals surface area contributed by atoms with E-state index < -0.39 is 0 Å². The predicted octanol–water partition coefficient (Wildman–Crippen LogP) is 1.64. The SMILES string of the molecule is CC#CCn1c(N2CCC[C@@H](N)C2)nc2c1c(=O)nc1n2CCCN1CC(=O)c1ccccc1. The number of hydrogen-bond acceptors (Lipinski definition) is 7. The highest BCUT2D eigenvalue weighted by Gasteiger charge is 2.29. The highest BCUT2D eigenvalue weighted by Crippen LogP contribution is 2.27. The van der Waals surface area contributed by atoms with Crippen LogP contribution >= 0.6 is 0 Å². The molecule has 3 aromatic rings. The fourth-order valence-electron chi connectivity index (χ4n) is 4.87. The standard InChI is InChI=1S/C25H29N7O2/c1-2-3-14-31-21-22(27-24(31)29-12-7-11-19(26)16-29)32-15-8-13-30(25(32)28-23(21)34)17-20(33)18-9-5-4-6-10-18/h4-6,9-10,19H,7-8,11-17,26H2,1H3/t19-/m1/s1. The van der Waals surface area contributed by atoms with Crippen LogP contribution in [-0.2, 0) is 13.1 Å². The van der Waals surface area contributed by atoms with Gasteiger partial charge in [-0.15, -0.1) is 5.92 Å². The van der Waals surface area contributed by atoms with E-state index in [-0.39, 0.29) is 23.9 Å². The number of Topliss-reactive ketones (excluding diaryl/α,β-unsaturated/α-hetero) is 1. The summed E-state index contributed by atoms with van der Waals surface area (Å²) in [6, 6.07) is 9.28. The number of nitrogens with two attached hydrogens (primary N) is 1. The van der Waals surface area contributed by atoms with E-state index in [1.807, 2.05) is 44.4 Å². The van der Waals surface area contributed by atoms with Crippen molar-refractivity contribution >= 4 is 28.8 Å². The summed E-state index contributed by atoms with van der Waals surface area (Å²) in [6.45, 7) is 5.18. The van der Waals surface area contributed by atoms with Crippen molar-refractivity contribution in [2.45, 2.75) is 45.3 Å². The molecule has 0 bridgehead atoms. The van der Waals surface area contributed by atoms with Crippen molar-refractivity contribution in [2.75, 3.05) is 36.0 Å². The largest absolute Gasteiger partial charge is 0.341 e. The molecule has 34 heavy (non-hydrogen) atoms. The van der Waals surface area contributed by atoms with Crippen molar-refractivity contribution in [1.29, 1.82) is 0 Å². The first-order valence-corrected chi connectivity index (χ1v) is 11.8. The Balaban J connectivity index is 1.59. The minimum Gasteiger partial charge on any atom is -0.341 e. The lowest BCUT2D eigenvalue weighted by Gasteiger charge is -2.31. The van der Waals surface area contributed by atoms with Crippen LogP contribution in [0.15, 0.2) is 35.1 Å². The van der Waals surface area contributed by atoms with E-state index in [0.29, 0.717) is 54.8 Å². The third kappa shape index (κ3) is 4.05. The van der Waals surface area contributed by atoms with Crippen LogP contribution < -0.4 is 21.1 Å². The maximum Gasteiger partial charge on any atom is 0.300 e. The minimum atomic E-state index is -0.349. The number of carbonyl (C=O) groups is 1. The topological polar surface area (TPSA) is 102 Å². The van der Waals surface area contributed by atoms with E-state index in [2.05, 4.69) is 21.7 Å². The van der Waals surface area contributed by atoms with Gasteiger partial charge in [0, 0.05) is 37.8 Å². The van der Waals surface area contributed by atoms with Gasteiger partial charge in [-0.3, -0.25) is 18.7 Å². The highest BCUT2D eigenvalue weighted by molar-refractivity contribution is 5.99. The van der Waals surface area contributed by atoms with Crippen LogP contribution in [0.25, 0.3) is 11.2 Å². The zero-order valence-electron chi connectivity index (χ0n) is 19.4. The van der Waals surface area contributed by atoms with Gasteiger partial charge in [-0.1, -0.05) is 36.3 Å². The zero-order valence-corrected chi connectivity index (χ0v) is 19.4. The number of aryl methyl sites for hydroxylation is 1. The Labute approximate surface area is 198 Å². The normalized spacial score (nSPS) is 17.9. The number of nitrogens with zero attached hydrogens (tertiary/aromatic N) is 6. The fraction of sp³-hybridized carbons (Fsp3) is 0.440.